The van der Waals surface area contributed by atoms with Crippen LogP contribution in [0.3, 0.4) is 0 Å². The Morgan fingerprint density at radius 2 is 1.65 bits per heavy atom. The molecular formula is C27H18F4N4O3S2. The summed E-state index contributed by atoms with van der Waals surface area (Å²) in [6.45, 7) is 0. The molecule has 5 rings (SSSR count). The largest absolute Gasteiger partial charge is 0.476 e. The van der Waals surface area contributed by atoms with Crippen LogP contribution in [0.2, 0.25) is 0 Å². The number of halogens is 4. The van der Waals surface area contributed by atoms with Crippen LogP contribution in [0.5, 0.6) is 0 Å². The molecule has 0 aliphatic carbocycles. The summed E-state index contributed by atoms with van der Waals surface area (Å²) in [6, 6.07) is 18.3. The van der Waals surface area contributed by atoms with Crippen molar-refractivity contribution in [3.8, 4) is 27.5 Å². The normalized spacial score (nSPS) is 12.4. The van der Waals surface area contributed by atoms with Gasteiger partial charge in [0.05, 0.1) is 10.6 Å². The van der Waals surface area contributed by atoms with Gasteiger partial charge in [0.1, 0.15) is 16.8 Å². The number of aromatic nitrogens is 3. The molecule has 1 unspecified atom stereocenters. The van der Waals surface area contributed by atoms with Crippen LogP contribution < -0.4 is 5.14 Å². The van der Waals surface area contributed by atoms with Gasteiger partial charge in [-0.3, -0.25) is 0 Å². The van der Waals surface area contributed by atoms with Crippen LogP contribution in [-0.2, 0) is 23.6 Å². The van der Waals surface area contributed by atoms with E-state index < -0.39 is 40.3 Å². The number of carboxylic acid groups (broad SMARTS) is 1. The van der Waals surface area contributed by atoms with Crippen LogP contribution in [0.1, 0.15) is 27.3 Å². The van der Waals surface area contributed by atoms with Gasteiger partial charge in [-0.25, -0.2) is 28.2 Å². The van der Waals surface area contributed by atoms with Crippen molar-refractivity contribution in [3.63, 3.8) is 0 Å². The van der Waals surface area contributed by atoms with Gasteiger partial charge in [0.2, 0.25) is 5.13 Å². The minimum atomic E-state index is -4.89. The van der Waals surface area contributed by atoms with E-state index in [1.165, 1.54) is 42.5 Å². The lowest BCUT2D eigenvalue weighted by Crippen LogP contribution is -2.16. The first-order valence-electron chi connectivity index (χ1n) is 11.5. The summed E-state index contributed by atoms with van der Waals surface area (Å²) in [7, 11) is -1.76. The molecule has 2 aromatic heterocycles. The topological polar surface area (TPSA) is 111 Å². The van der Waals surface area contributed by atoms with E-state index in [1.807, 2.05) is 0 Å². The maximum Gasteiger partial charge on any atom is 0.433 e. The number of aromatic carboxylic acids is 1. The Bertz CT molecular complexity index is 1750. The van der Waals surface area contributed by atoms with Crippen molar-refractivity contribution in [2.45, 2.75) is 17.5 Å². The van der Waals surface area contributed by atoms with Crippen molar-refractivity contribution >= 4 is 28.3 Å². The Hall–Kier alpha value is -4.20. The van der Waals surface area contributed by atoms with Gasteiger partial charge in [-0.1, -0.05) is 42.5 Å². The van der Waals surface area contributed by atoms with Gasteiger partial charge in [0.25, 0.3) is 0 Å². The number of hydrogen-bond acceptors (Lipinski definition) is 5. The standard InChI is InChI=1S/C27H18F4N4O3S2/c28-19-6-2-4-17(13-19)16-3-1-5-18(12-16)23-21(11-15-7-9-20(10-8-15)40(32)38)24(27(29,30)31)35(34-23)26-33-22(14-39-26)25(36)37/h1-10,12-14H,11,32H2,(H,36,37). The lowest BCUT2D eigenvalue weighted by Gasteiger charge is -2.12. The quantitative estimate of drug-likeness (QED) is 0.224. The predicted molar refractivity (Wildman–Crippen MR) is 142 cm³/mol. The fourth-order valence-electron chi connectivity index (χ4n) is 4.20. The molecule has 0 aliphatic rings. The summed E-state index contributed by atoms with van der Waals surface area (Å²) in [4.78, 5) is 15.5. The van der Waals surface area contributed by atoms with Gasteiger partial charge in [0, 0.05) is 22.9 Å². The third-order valence-corrected chi connectivity index (χ3v) is 7.53. The number of benzene rings is 3. The van der Waals surface area contributed by atoms with Gasteiger partial charge in [-0.2, -0.15) is 18.3 Å². The van der Waals surface area contributed by atoms with Gasteiger partial charge in [0.15, 0.2) is 11.4 Å². The first kappa shape index (κ1) is 27.4. The highest BCUT2D eigenvalue weighted by atomic mass is 32.2. The average molecular weight is 587 g/mol. The molecule has 0 spiro atoms. The molecule has 40 heavy (non-hydrogen) atoms. The van der Waals surface area contributed by atoms with Crippen molar-refractivity contribution in [2.24, 2.45) is 5.14 Å². The fourth-order valence-corrected chi connectivity index (χ4v) is 5.36. The molecule has 0 saturated carbocycles. The summed E-state index contributed by atoms with van der Waals surface area (Å²) >= 11 is 0.711. The SMILES string of the molecule is NS(=O)c1ccc(Cc2c(-c3cccc(-c4cccc(F)c4)c3)nn(-c3nc(C(=O)O)cs3)c2C(F)(F)F)cc1. The first-order chi connectivity index (χ1) is 19.0. The number of nitrogens with zero attached hydrogens (tertiary/aromatic N) is 3. The number of carbonyl (C=O) groups is 1. The van der Waals surface area contributed by atoms with Crippen LogP contribution in [-0.4, -0.2) is 30.0 Å². The third-order valence-electron chi connectivity index (χ3n) is 5.97. The van der Waals surface area contributed by atoms with Crippen LogP contribution in [0.4, 0.5) is 17.6 Å². The number of alkyl halides is 3. The van der Waals surface area contributed by atoms with Crippen molar-refractivity contribution in [3.05, 3.63) is 107 Å². The van der Waals surface area contributed by atoms with E-state index in [2.05, 4.69) is 10.1 Å². The third kappa shape index (κ3) is 5.57. The number of carboxylic acids is 1. The van der Waals surface area contributed by atoms with Crippen LogP contribution in [0.15, 0.2) is 83.1 Å². The Morgan fingerprint density at radius 1 is 1.00 bits per heavy atom. The molecular weight excluding hydrogens is 568 g/mol. The summed E-state index contributed by atoms with van der Waals surface area (Å²) in [5.74, 6) is -1.85. The van der Waals surface area contributed by atoms with Gasteiger partial charge < -0.3 is 5.11 Å². The molecule has 0 bridgehead atoms. The molecule has 7 nitrogen and oxygen atoms in total. The molecule has 204 valence electrons. The summed E-state index contributed by atoms with van der Waals surface area (Å²) in [5, 5.41) is 19.8. The maximum absolute atomic E-state index is 14.7. The zero-order valence-electron chi connectivity index (χ0n) is 20.2. The van der Waals surface area contributed by atoms with E-state index in [0.29, 0.717) is 43.2 Å². The second-order valence-electron chi connectivity index (χ2n) is 8.62. The Morgan fingerprint density at radius 3 is 2.25 bits per heavy atom. The van der Waals surface area contributed by atoms with E-state index >= 15 is 0 Å². The zero-order valence-corrected chi connectivity index (χ0v) is 21.9. The molecule has 0 amide bonds. The molecule has 2 heterocycles. The van der Waals surface area contributed by atoms with Gasteiger partial charge in [-0.15, -0.1) is 11.3 Å². The predicted octanol–water partition coefficient (Wildman–Crippen LogP) is 6.09. The van der Waals surface area contributed by atoms with E-state index in [4.69, 9.17) is 5.14 Å². The van der Waals surface area contributed by atoms with Crippen LogP contribution in [0.25, 0.3) is 27.5 Å². The first-order valence-corrected chi connectivity index (χ1v) is 13.6. The molecule has 5 aromatic rings. The minimum absolute atomic E-state index is 0.0101. The average Bonchev–Trinajstić information content (AvgIpc) is 3.55. The minimum Gasteiger partial charge on any atom is -0.476 e. The Balaban J connectivity index is 1.72. The molecule has 0 saturated heterocycles. The van der Waals surface area contributed by atoms with Gasteiger partial charge >= 0.3 is 12.1 Å². The highest BCUT2D eigenvalue weighted by Gasteiger charge is 2.41. The highest BCUT2D eigenvalue weighted by molar-refractivity contribution is 7.82. The van der Waals surface area contributed by atoms with Crippen molar-refractivity contribution < 1.29 is 31.7 Å². The van der Waals surface area contributed by atoms with Crippen molar-refractivity contribution in [1.82, 2.24) is 14.8 Å². The molecule has 0 fully saturated rings. The number of nitrogens with two attached hydrogens (primary N) is 1. The van der Waals surface area contributed by atoms with Crippen LogP contribution >= 0.6 is 11.3 Å². The summed E-state index contributed by atoms with van der Waals surface area (Å²) < 4.78 is 70.0. The second kappa shape index (κ2) is 10.8. The second-order valence-corrected chi connectivity index (χ2v) is 10.5. The molecule has 3 N–H and O–H groups in total. The van der Waals surface area contributed by atoms with Crippen molar-refractivity contribution in [1.29, 1.82) is 0 Å². The summed E-state index contributed by atoms with van der Waals surface area (Å²) in [5.41, 5.74) is 0.157. The van der Waals surface area contributed by atoms with E-state index in [9.17, 15) is 31.7 Å². The monoisotopic (exact) mass is 586 g/mol. The lowest BCUT2D eigenvalue weighted by atomic mass is 9.96. The smallest absolute Gasteiger partial charge is 0.433 e. The zero-order chi connectivity index (χ0) is 28.6. The van der Waals surface area contributed by atoms with Crippen molar-refractivity contribution in [2.75, 3.05) is 0 Å². The van der Waals surface area contributed by atoms with Gasteiger partial charge in [-0.05, 0) is 47.0 Å². The van der Waals surface area contributed by atoms with Crippen LogP contribution in [0, 0.1) is 5.82 Å². The maximum atomic E-state index is 14.7. The fraction of sp³-hybridized carbons (Fsp3) is 0.0741. The summed E-state index contributed by atoms with van der Waals surface area (Å²) in [6.07, 6.45) is -5.11. The molecule has 0 radical (unpaired) electrons. The van der Waals surface area contributed by atoms with E-state index in [0.717, 1.165) is 5.38 Å². The lowest BCUT2D eigenvalue weighted by molar-refractivity contribution is -0.143. The molecule has 13 heteroatoms. The number of rotatable bonds is 7. The molecule has 3 aromatic carbocycles. The highest BCUT2D eigenvalue weighted by Crippen LogP contribution is 2.40. The van der Waals surface area contributed by atoms with E-state index in [1.54, 1.807) is 30.3 Å². The van der Waals surface area contributed by atoms with E-state index in [-0.39, 0.29) is 22.8 Å². The number of thiazole rings is 1. The Labute approximate surface area is 231 Å². The molecule has 1 atom stereocenters. The Kier molecular flexibility index (Phi) is 7.36. The molecule has 0 aliphatic heterocycles. The number of hydrogen-bond donors (Lipinski definition) is 2.